The molecule has 1 atom stereocenters. The van der Waals surface area contributed by atoms with Crippen molar-refractivity contribution < 1.29 is 4.74 Å². The number of hydrogen-bond donors (Lipinski definition) is 0. The van der Waals surface area contributed by atoms with Crippen LogP contribution in [-0.4, -0.2) is 6.61 Å². The van der Waals surface area contributed by atoms with Crippen LogP contribution in [0.4, 0.5) is 0 Å². The second kappa shape index (κ2) is 3.52. The summed E-state index contributed by atoms with van der Waals surface area (Å²) >= 11 is 0. The normalized spacial score (nSPS) is 19.9. The molecular weight excluding hydrogens is 184 g/mol. The number of fused-ring (bicyclic) bond motifs is 1. The van der Waals surface area contributed by atoms with Crippen molar-refractivity contribution in [3.63, 3.8) is 0 Å². The summed E-state index contributed by atoms with van der Waals surface area (Å²) < 4.78 is 5.58. The number of ether oxygens (including phenoxy) is 1. The lowest BCUT2D eigenvalue weighted by atomic mass is 10.0. The highest BCUT2D eigenvalue weighted by Crippen LogP contribution is 2.26. The molecular formula is C14H12O. The standard InChI is InChI=1S/C14H12O/c1-2-5-12-10-13(8-7-11(12)4-1)14-6-3-9-15-14/h1-8,10,14H,9H2/t14-/m1/s1. The second-order valence-electron chi connectivity index (χ2n) is 3.79. The van der Waals surface area contributed by atoms with Crippen LogP contribution in [0.1, 0.15) is 11.7 Å². The Hall–Kier alpha value is -1.60. The molecule has 1 heterocycles. The number of benzene rings is 2. The van der Waals surface area contributed by atoms with Gasteiger partial charge in [0.1, 0.15) is 6.10 Å². The van der Waals surface area contributed by atoms with Crippen LogP contribution < -0.4 is 0 Å². The van der Waals surface area contributed by atoms with Crippen LogP contribution in [0.15, 0.2) is 54.6 Å². The average molecular weight is 196 g/mol. The van der Waals surface area contributed by atoms with E-state index in [9.17, 15) is 0 Å². The minimum Gasteiger partial charge on any atom is -0.365 e. The zero-order chi connectivity index (χ0) is 10.1. The maximum atomic E-state index is 5.58. The van der Waals surface area contributed by atoms with E-state index in [4.69, 9.17) is 4.74 Å². The van der Waals surface area contributed by atoms with E-state index in [1.54, 1.807) is 0 Å². The molecule has 0 radical (unpaired) electrons. The topological polar surface area (TPSA) is 9.23 Å². The molecule has 0 amide bonds. The summed E-state index contributed by atoms with van der Waals surface area (Å²) in [5.41, 5.74) is 1.24. The summed E-state index contributed by atoms with van der Waals surface area (Å²) in [7, 11) is 0. The second-order valence-corrected chi connectivity index (χ2v) is 3.79. The largest absolute Gasteiger partial charge is 0.365 e. The first-order chi connectivity index (χ1) is 7.43. The molecule has 1 heteroatoms. The minimum absolute atomic E-state index is 0.148. The Morgan fingerprint density at radius 2 is 1.87 bits per heavy atom. The Labute approximate surface area is 89.0 Å². The van der Waals surface area contributed by atoms with E-state index in [2.05, 4.69) is 54.6 Å². The quantitative estimate of drug-likeness (QED) is 0.634. The molecule has 0 aliphatic carbocycles. The summed E-state index contributed by atoms with van der Waals surface area (Å²) in [5, 5.41) is 2.56. The fourth-order valence-corrected chi connectivity index (χ4v) is 1.99. The third kappa shape index (κ3) is 1.55. The van der Waals surface area contributed by atoms with Gasteiger partial charge in [-0.3, -0.25) is 0 Å². The maximum absolute atomic E-state index is 5.58. The molecule has 3 rings (SSSR count). The number of hydrogen-bond acceptors (Lipinski definition) is 1. The fraction of sp³-hybridized carbons (Fsp3) is 0.143. The van der Waals surface area contributed by atoms with E-state index in [0.717, 1.165) is 6.61 Å². The predicted octanol–water partition coefficient (Wildman–Crippen LogP) is 3.47. The summed E-state index contributed by atoms with van der Waals surface area (Å²) in [6.45, 7) is 0.734. The minimum atomic E-state index is 0.148. The fourth-order valence-electron chi connectivity index (χ4n) is 1.99. The molecule has 2 aromatic carbocycles. The van der Waals surface area contributed by atoms with E-state index in [0.29, 0.717) is 0 Å². The monoisotopic (exact) mass is 196 g/mol. The van der Waals surface area contributed by atoms with Gasteiger partial charge in [0.05, 0.1) is 6.61 Å². The van der Waals surface area contributed by atoms with Crippen LogP contribution in [0.2, 0.25) is 0 Å². The molecule has 0 saturated heterocycles. The molecule has 0 fully saturated rings. The van der Waals surface area contributed by atoms with Gasteiger partial charge in [0, 0.05) is 0 Å². The lowest BCUT2D eigenvalue weighted by Gasteiger charge is -2.09. The zero-order valence-corrected chi connectivity index (χ0v) is 8.39. The van der Waals surface area contributed by atoms with Crippen LogP contribution in [0, 0.1) is 0 Å². The van der Waals surface area contributed by atoms with Crippen molar-refractivity contribution in [2.75, 3.05) is 6.61 Å². The molecule has 0 unspecified atom stereocenters. The van der Waals surface area contributed by atoms with Gasteiger partial charge in [-0.1, -0.05) is 48.6 Å². The zero-order valence-electron chi connectivity index (χ0n) is 8.39. The molecule has 2 aromatic rings. The van der Waals surface area contributed by atoms with Gasteiger partial charge < -0.3 is 4.74 Å². The Kier molecular flexibility index (Phi) is 2.04. The Balaban J connectivity index is 2.09. The van der Waals surface area contributed by atoms with Gasteiger partial charge in [-0.05, 0) is 22.4 Å². The van der Waals surface area contributed by atoms with Crippen LogP contribution in [0.5, 0.6) is 0 Å². The third-order valence-corrected chi connectivity index (χ3v) is 2.78. The highest BCUT2D eigenvalue weighted by molar-refractivity contribution is 5.83. The third-order valence-electron chi connectivity index (χ3n) is 2.78. The first kappa shape index (κ1) is 8.69. The van der Waals surface area contributed by atoms with Gasteiger partial charge in [-0.2, -0.15) is 0 Å². The molecule has 1 aliphatic rings. The summed E-state index contributed by atoms with van der Waals surface area (Å²) in [6, 6.07) is 14.9. The smallest absolute Gasteiger partial charge is 0.101 e. The highest BCUT2D eigenvalue weighted by atomic mass is 16.5. The summed E-state index contributed by atoms with van der Waals surface area (Å²) in [5.74, 6) is 0. The van der Waals surface area contributed by atoms with Crippen LogP contribution in [-0.2, 0) is 4.74 Å². The van der Waals surface area contributed by atoms with Crippen molar-refractivity contribution in [2.24, 2.45) is 0 Å². The van der Waals surface area contributed by atoms with Crippen molar-refractivity contribution in [1.82, 2.24) is 0 Å². The van der Waals surface area contributed by atoms with Crippen LogP contribution in [0.3, 0.4) is 0 Å². The molecule has 1 nitrogen and oxygen atoms in total. The van der Waals surface area contributed by atoms with Gasteiger partial charge in [0.2, 0.25) is 0 Å². The first-order valence-corrected chi connectivity index (χ1v) is 5.20. The van der Waals surface area contributed by atoms with E-state index in [-0.39, 0.29) is 6.10 Å². The SMILES string of the molecule is C1=C[C@H](c2ccc3ccccc3c2)OC1. The van der Waals surface area contributed by atoms with E-state index < -0.39 is 0 Å². The molecule has 0 aromatic heterocycles. The van der Waals surface area contributed by atoms with Gasteiger partial charge in [0.25, 0.3) is 0 Å². The Bertz CT molecular complexity index is 513. The molecule has 15 heavy (non-hydrogen) atoms. The van der Waals surface area contributed by atoms with Crippen molar-refractivity contribution in [2.45, 2.75) is 6.10 Å². The molecule has 74 valence electrons. The van der Waals surface area contributed by atoms with E-state index in [1.165, 1.54) is 16.3 Å². The van der Waals surface area contributed by atoms with Gasteiger partial charge in [0.15, 0.2) is 0 Å². The van der Waals surface area contributed by atoms with Crippen molar-refractivity contribution in [1.29, 1.82) is 0 Å². The van der Waals surface area contributed by atoms with E-state index >= 15 is 0 Å². The van der Waals surface area contributed by atoms with Crippen LogP contribution in [0.25, 0.3) is 10.8 Å². The molecule has 0 N–H and O–H groups in total. The molecule has 0 bridgehead atoms. The lowest BCUT2D eigenvalue weighted by Crippen LogP contribution is -1.95. The van der Waals surface area contributed by atoms with Crippen molar-refractivity contribution >= 4 is 10.8 Å². The average Bonchev–Trinajstić information content (AvgIpc) is 2.82. The molecule has 0 spiro atoms. The Morgan fingerprint density at radius 3 is 2.67 bits per heavy atom. The maximum Gasteiger partial charge on any atom is 0.101 e. The first-order valence-electron chi connectivity index (χ1n) is 5.20. The molecule has 0 saturated carbocycles. The predicted molar refractivity (Wildman–Crippen MR) is 61.8 cm³/mol. The van der Waals surface area contributed by atoms with Gasteiger partial charge in [-0.15, -0.1) is 0 Å². The summed E-state index contributed by atoms with van der Waals surface area (Å²) in [4.78, 5) is 0. The summed E-state index contributed by atoms with van der Waals surface area (Å²) in [6.07, 6.45) is 4.33. The Morgan fingerprint density at radius 1 is 1.00 bits per heavy atom. The van der Waals surface area contributed by atoms with Crippen LogP contribution >= 0.6 is 0 Å². The van der Waals surface area contributed by atoms with Gasteiger partial charge >= 0.3 is 0 Å². The number of rotatable bonds is 1. The van der Waals surface area contributed by atoms with Crippen molar-refractivity contribution in [3.05, 3.63) is 60.2 Å². The van der Waals surface area contributed by atoms with E-state index in [1.807, 2.05) is 0 Å². The highest BCUT2D eigenvalue weighted by Gasteiger charge is 2.11. The van der Waals surface area contributed by atoms with Crippen molar-refractivity contribution in [3.8, 4) is 0 Å². The van der Waals surface area contributed by atoms with Gasteiger partial charge in [-0.25, -0.2) is 0 Å². The molecule has 1 aliphatic heterocycles. The lowest BCUT2D eigenvalue weighted by molar-refractivity contribution is 0.129.